The van der Waals surface area contributed by atoms with Gasteiger partial charge < -0.3 is 14.6 Å². The van der Waals surface area contributed by atoms with E-state index in [1.807, 2.05) is 6.92 Å². The number of nitrogens with zero attached hydrogens (tertiary/aromatic N) is 2. The maximum atomic E-state index is 13.1. The Morgan fingerprint density at radius 1 is 1.28 bits per heavy atom. The fourth-order valence-corrected chi connectivity index (χ4v) is 3.85. The van der Waals surface area contributed by atoms with Crippen LogP contribution in [0.3, 0.4) is 0 Å². The third-order valence-electron chi connectivity index (χ3n) is 4.40. The van der Waals surface area contributed by atoms with Gasteiger partial charge in [0.25, 0.3) is 0 Å². The van der Waals surface area contributed by atoms with Crippen LogP contribution in [0.25, 0.3) is 0 Å². The Bertz CT molecular complexity index is 1080. The van der Waals surface area contributed by atoms with Crippen LogP contribution < -0.4 is 5.32 Å². The molecule has 0 fully saturated rings. The number of carbonyl (C=O) groups is 2. The number of hydrogen-bond acceptors (Lipinski definition) is 5. The van der Waals surface area contributed by atoms with Gasteiger partial charge in [-0.05, 0) is 36.8 Å². The smallest absolute Gasteiger partial charge is 0.417 e. The molecule has 1 aromatic carbocycles. The van der Waals surface area contributed by atoms with E-state index in [0.717, 1.165) is 23.6 Å². The van der Waals surface area contributed by atoms with E-state index in [2.05, 4.69) is 10.3 Å². The zero-order valence-corrected chi connectivity index (χ0v) is 18.5. The molecule has 170 valence electrons. The molecule has 1 N–H and O–H groups in total. The van der Waals surface area contributed by atoms with Crippen molar-refractivity contribution in [1.29, 1.82) is 0 Å². The summed E-state index contributed by atoms with van der Waals surface area (Å²) < 4.78 is 44.5. The zero-order chi connectivity index (χ0) is 23.3. The molecule has 0 spiro atoms. The van der Waals surface area contributed by atoms with Gasteiger partial charge in [0.15, 0.2) is 0 Å². The molecular weight excluding hydrogens is 467 g/mol. The lowest BCUT2D eigenvalue weighted by atomic mass is 10.2. The van der Waals surface area contributed by atoms with Crippen molar-refractivity contribution in [2.24, 2.45) is 0 Å². The molecular formula is C21H19ClF3N3O3S. The molecule has 0 radical (unpaired) electrons. The predicted octanol–water partition coefficient (Wildman–Crippen LogP) is 5.18. The molecule has 0 aliphatic heterocycles. The van der Waals surface area contributed by atoms with Crippen molar-refractivity contribution in [1.82, 2.24) is 9.88 Å². The number of benzene rings is 1. The van der Waals surface area contributed by atoms with Crippen LogP contribution in [0.5, 0.6) is 0 Å². The molecule has 0 saturated carbocycles. The number of alkyl halides is 3. The molecule has 3 aromatic rings. The summed E-state index contributed by atoms with van der Waals surface area (Å²) in [6.07, 6.45) is -2.48. The monoisotopic (exact) mass is 485 g/mol. The largest absolute Gasteiger partial charge is 0.467 e. The lowest BCUT2D eigenvalue weighted by Gasteiger charge is -2.21. The van der Waals surface area contributed by atoms with Crippen LogP contribution in [-0.2, 0) is 35.2 Å². The zero-order valence-electron chi connectivity index (χ0n) is 16.9. The van der Waals surface area contributed by atoms with Crippen LogP contribution in [0, 0.1) is 0 Å². The highest BCUT2D eigenvalue weighted by Crippen LogP contribution is 2.36. The second kappa shape index (κ2) is 10.2. The Balaban J connectivity index is 1.72. The Kier molecular flexibility index (Phi) is 7.57. The van der Waals surface area contributed by atoms with Crippen LogP contribution in [0.4, 0.5) is 18.9 Å². The Morgan fingerprint density at radius 2 is 2.06 bits per heavy atom. The summed E-state index contributed by atoms with van der Waals surface area (Å²) in [5.41, 5.74) is -0.547. The van der Waals surface area contributed by atoms with Crippen molar-refractivity contribution in [2.75, 3.05) is 11.9 Å². The van der Waals surface area contributed by atoms with Gasteiger partial charge in [-0.15, -0.1) is 11.3 Å². The summed E-state index contributed by atoms with van der Waals surface area (Å²) >= 11 is 7.06. The van der Waals surface area contributed by atoms with E-state index in [9.17, 15) is 22.8 Å². The van der Waals surface area contributed by atoms with Crippen LogP contribution in [0.15, 0.2) is 46.4 Å². The number of anilines is 1. The molecule has 0 atom stereocenters. The van der Waals surface area contributed by atoms with Crippen molar-refractivity contribution in [3.63, 3.8) is 0 Å². The number of halogens is 4. The minimum atomic E-state index is -4.66. The summed E-state index contributed by atoms with van der Waals surface area (Å²) in [7, 11) is 0. The quantitative estimate of drug-likeness (QED) is 0.477. The predicted molar refractivity (Wildman–Crippen MR) is 114 cm³/mol. The van der Waals surface area contributed by atoms with Gasteiger partial charge >= 0.3 is 6.18 Å². The second-order valence-electron chi connectivity index (χ2n) is 6.83. The van der Waals surface area contributed by atoms with Crippen LogP contribution in [-0.4, -0.2) is 28.2 Å². The fourth-order valence-electron chi connectivity index (χ4n) is 2.88. The van der Waals surface area contributed by atoms with Gasteiger partial charge in [-0.2, -0.15) is 13.2 Å². The Hall–Kier alpha value is -2.85. The number of hydrogen-bond donors (Lipinski definition) is 1. The first kappa shape index (κ1) is 23.8. The van der Waals surface area contributed by atoms with E-state index in [0.29, 0.717) is 11.5 Å². The average molecular weight is 486 g/mol. The van der Waals surface area contributed by atoms with Crippen molar-refractivity contribution < 1.29 is 27.2 Å². The molecule has 3 rings (SSSR count). The number of aryl methyl sites for hydroxylation is 1. The van der Waals surface area contributed by atoms with Crippen molar-refractivity contribution in [3.8, 4) is 0 Å². The molecule has 0 bridgehead atoms. The maximum absolute atomic E-state index is 13.1. The number of rotatable bonds is 8. The van der Waals surface area contributed by atoms with E-state index < -0.39 is 22.7 Å². The summed E-state index contributed by atoms with van der Waals surface area (Å²) in [5.74, 6) is -0.561. The van der Waals surface area contributed by atoms with E-state index in [1.165, 1.54) is 28.6 Å². The van der Waals surface area contributed by atoms with Crippen molar-refractivity contribution in [3.05, 3.63) is 69.0 Å². The van der Waals surface area contributed by atoms with Crippen LogP contribution in [0.2, 0.25) is 5.02 Å². The molecule has 2 amide bonds. The van der Waals surface area contributed by atoms with Crippen LogP contribution in [0.1, 0.15) is 28.9 Å². The topological polar surface area (TPSA) is 75.4 Å². The van der Waals surface area contributed by atoms with Gasteiger partial charge in [0.1, 0.15) is 12.3 Å². The van der Waals surface area contributed by atoms with Gasteiger partial charge in [-0.1, -0.05) is 18.5 Å². The lowest BCUT2D eigenvalue weighted by Crippen LogP contribution is -2.38. The number of aromatic nitrogens is 1. The first-order valence-corrected chi connectivity index (χ1v) is 10.8. The normalized spacial score (nSPS) is 11.4. The maximum Gasteiger partial charge on any atom is 0.417 e. The average Bonchev–Trinajstić information content (AvgIpc) is 3.40. The summed E-state index contributed by atoms with van der Waals surface area (Å²) in [6.45, 7) is 1.60. The number of carbonyl (C=O) groups excluding carboxylic acids is 2. The molecule has 2 heterocycles. The molecule has 0 aliphatic carbocycles. The van der Waals surface area contributed by atoms with E-state index in [-0.39, 0.29) is 31.1 Å². The highest BCUT2D eigenvalue weighted by atomic mass is 35.5. The minimum Gasteiger partial charge on any atom is -0.467 e. The molecule has 32 heavy (non-hydrogen) atoms. The molecule has 0 aliphatic rings. The number of thiazole rings is 1. The van der Waals surface area contributed by atoms with Crippen molar-refractivity contribution in [2.45, 2.75) is 32.5 Å². The molecule has 2 aromatic heterocycles. The number of nitrogens with one attached hydrogen (secondary N) is 1. The van der Waals surface area contributed by atoms with E-state index >= 15 is 0 Å². The van der Waals surface area contributed by atoms with E-state index in [1.54, 1.807) is 17.5 Å². The second-order valence-corrected chi connectivity index (χ2v) is 8.18. The third-order valence-corrected chi connectivity index (χ3v) is 5.78. The lowest BCUT2D eigenvalue weighted by molar-refractivity contribution is -0.137. The first-order chi connectivity index (χ1) is 15.2. The van der Waals surface area contributed by atoms with Gasteiger partial charge in [0.2, 0.25) is 11.8 Å². The number of furan rings is 1. The SMILES string of the molecule is CCc1nc(CC(=O)N(CC(=O)Nc2ccc(Cl)c(C(F)(F)F)c2)Cc2ccco2)cs1. The fraction of sp³-hybridized carbons (Fsp3) is 0.286. The van der Waals surface area contributed by atoms with Gasteiger partial charge in [0.05, 0.1) is 40.5 Å². The standard InChI is InChI=1S/C21H19ClF3N3O3S/c1-2-19-27-14(12-32-19)9-20(30)28(10-15-4-3-7-31-15)11-18(29)26-13-5-6-17(22)16(8-13)21(23,24)25/h3-8,12H,2,9-11H2,1H3,(H,26,29). The summed E-state index contributed by atoms with van der Waals surface area (Å²) in [5, 5.41) is 4.60. The Labute approximate surface area is 191 Å². The first-order valence-electron chi connectivity index (χ1n) is 9.55. The summed E-state index contributed by atoms with van der Waals surface area (Å²) in [6, 6.07) is 6.37. The molecule has 11 heteroatoms. The van der Waals surface area contributed by atoms with Gasteiger partial charge in [-0.3, -0.25) is 9.59 Å². The minimum absolute atomic E-state index is 0.0103. The van der Waals surface area contributed by atoms with E-state index in [4.69, 9.17) is 16.0 Å². The third kappa shape index (κ3) is 6.33. The molecule has 6 nitrogen and oxygen atoms in total. The Morgan fingerprint density at radius 3 is 2.69 bits per heavy atom. The number of amides is 2. The summed E-state index contributed by atoms with van der Waals surface area (Å²) in [4.78, 5) is 31.0. The van der Waals surface area contributed by atoms with Gasteiger partial charge in [-0.25, -0.2) is 4.98 Å². The molecule has 0 unspecified atom stereocenters. The highest BCUT2D eigenvalue weighted by Gasteiger charge is 2.33. The van der Waals surface area contributed by atoms with Crippen molar-refractivity contribution >= 4 is 40.4 Å². The highest BCUT2D eigenvalue weighted by molar-refractivity contribution is 7.09. The molecule has 0 saturated heterocycles. The van der Waals surface area contributed by atoms with Crippen LogP contribution >= 0.6 is 22.9 Å². The van der Waals surface area contributed by atoms with Gasteiger partial charge in [0, 0.05) is 11.1 Å².